The van der Waals surface area contributed by atoms with E-state index in [1.165, 1.54) is 12.1 Å². The first-order chi connectivity index (χ1) is 5.65. The molecular formula is C9H10FNO. The molecule has 0 spiro atoms. The lowest BCUT2D eigenvalue weighted by atomic mass is 10.1. The van der Waals surface area contributed by atoms with Gasteiger partial charge in [-0.05, 0) is 19.1 Å². The van der Waals surface area contributed by atoms with Gasteiger partial charge in [-0.2, -0.15) is 0 Å². The molecule has 0 fully saturated rings. The van der Waals surface area contributed by atoms with Crippen LogP contribution in [0.1, 0.15) is 12.5 Å². The zero-order valence-corrected chi connectivity index (χ0v) is 7.00. The molecule has 2 nitrogen and oxygen atoms in total. The van der Waals surface area contributed by atoms with Gasteiger partial charge in [-0.25, -0.2) is 4.39 Å². The molecule has 0 aliphatic heterocycles. The predicted molar refractivity (Wildman–Crippen MR) is 46.2 cm³/mol. The van der Waals surface area contributed by atoms with Crippen LogP contribution in [0.15, 0.2) is 23.2 Å². The number of rotatable bonds is 1. The van der Waals surface area contributed by atoms with Crippen LogP contribution in [-0.2, 0) is 0 Å². The van der Waals surface area contributed by atoms with E-state index in [0.717, 1.165) is 6.07 Å². The summed E-state index contributed by atoms with van der Waals surface area (Å²) in [6, 6.07) is 3.88. The van der Waals surface area contributed by atoms with Gasteiger partial charge in [0.2, 0.25) is 0 Å². The second kappa shape index (κ2) is 3.34. The minimum Gasteiger partial charge on any atom is -0.507 e. The molecule has 3 heteroatoms. The summed E-state index contributed by atoms with van der Waals surface area (Å²) in [4.78, 5) is 3.88. The Morgan fingerprint density at radius 2 is 2.17 bits per heavy atom. The van der Waals surface area contributed by atoms with E-state index in [0.29, 0.717) is 11.3 Å². The molecule has 0 heterocycles. The van der Waals surface area contributed by atoms with Crippen LogP contribution in [0.4, 0.5) is 4.39 Å². The number of phenolic OH excluding ortho intramolecular Hbond substituents is 1. The van der Waals surface area contributed by atoms with Crippen LogP contribution in [-0.4, -0.2) is 17.9 Å². The van der Waals surface area contributed by atoms with Crippen molar-refractivity contribution in [3.8, 4) is 5.75 Å². The lowest BCUT2D eigenvalue weighted by Crippen LogP contribution is -1.94. The van der Waals surface area contributed by atoms with Gasteiger partial charge >= 0.3 is 0 Å². The van der Waals surface area contributed by atoms with Crippen LogP contribution in [0.3, 0.4) is 0 Å². The van der Waals surface area contributed by atoms with Crippen molar-refractivity contribution in [3.63, 3.8) is 0 Å². The van der Waals surface area contributed by atoms with Crippen molar-refractivity contribution >= 4 is 5.71 Å². The summed E-state index contributed by atoms with van der Waals surface area (Å²) in [7, 11) is 1.62. The van der Waals surface area contributed by atoms with E-state index in [2.05, 4.69) is 4.99 Å². The molecule has 0 aromatic heterocycles. The second-order valence-electron chi connectivity index (χ2n) is 2.47. The number of halogens is 1. The Bertz CT molecular complexity index is 320. The third-order valence-electron chi connectivity index (χ3n) is 1.68. The minimum atomic E-state index is -0.444. The summed E-state index contributed by atoms with van der Waals surface area (Å²) in [5, 5.41) is 9.27. The fourth-order valence-corrected chi connectivity index (χ4v) is 0.931. The van der Waals surface area contributed by atoms with Crippen LogP contribution >= 0.6 is 0 Å². The topological polar surface area (TPSA) is 32.6 Å². The monoisotopic (exact) mass is 167 g/mol. The Kier molecular flexibility index (Phi) is 2.43. The average Bonchev–Trinajstić information content (AvgIpc) is 2.03. The van der Waals surface area contributed by atoms with Crippen LogP contribution in [0.5, 0.6) is 5.75 Å². The van der Waals surface area contributed by atoms with Crippen molar-refractivity contribution in [3.05, 3.63) is 29.6 Å². The zero-order valence-electron chi connectivity index (χ0n) is 7.00. The van der Waals surface area contributed by atoms with E-state index in [-0.39, 0.29) is 5.75 Å². The standard InChI is InChI=1S/C9H10FNO/c1-6(11-2)8-4-3-7(10)5-9(8)12/h3-5,12H,1-2H3/b11-6-. The minimum absolute atomic E-state index is 0.0712. The van der Waals surface area contributed by atoms with Crippen molar-refractivity contribution in [2.24, 2.45) is 4.99 Å². The van der Waals surface area contributed by atoms with Crippen LogP contribution in [0, 0.1) is 5.82 Å². The number of aliphatic imine (C=N–C) groups is 1. The first-order valence-corrected chi connectivity index (χ1v) is 3.57. The van der Waals surface area contributed by atoms with Crippen molar-refractivity contribution in [1.82, 2.24) is 0 Å². The Morgan fingerprint density at radius 1 is 1.50 bits per heavy atom. The molecule has 0 bridgehead atoms. The fraction of sp³-hybridized carbons (Fsp3) is 0.222. The third kappa shape index (κ3) is 1.61. The fourth-order valence-electron chi connectivity index (χ4n) is 0.931. The van der Waals surface area contributed by atoms with Crippen LogP contribution in [0.25, 0.3) is 0 Å². The first kappa shape index (κ1) is 8.71. The molecule has 0 radical (unpaired) electrons. The zero-order chi connectivity index (χ0) is 9.14. The van der Waals surface area contributed by atoms with E-state index in [9.17, 15) is 9.50 Å². The predicted octanol–water partition coefficient (Wildman–Crippen LogP) is 1.97. The lowest BCUT2D eigenvalue weighted by molar-refractivity contribution is 0.468. The van der Waals surface area contributed by atoms with E-state index < -0.39 is 5.82 Å². The summed E-state index contributed by atoms with van der Waals surface area (Å²) >= 11 is 0. The molecule has 1 N–H and O–H groups in total. The lowest BCUT2D eigenvalue weighted by Gasteiger charge is -2.02. The third-order valence-corrected chi connectivity index (χ3v) is 1.68. The highest BCUT2D eigenvalue weighted by atomic mass is 19.1. The molecule has 0 aliphatic rings. The Balaban J connectivity index is 3.18. The molecule has 0 atom stereocenters. The average molecular weight is 167 g/mol. The van der Waals surface area contributed by atoms with Gasteiger partial charge in [0, 0.05) is 24.4 Å². The van der Waals surface area contributed by atoms with Gasteiger partial charge in [-0.15, -0.1) is 0 Å². The van der Waals surface area contributed by atoms with E-state index in [1.54, 1.807) is 14.0 Å². The summed E-state index contributed by atoms with van der Waals surface area (Å²) in [5.41, 5.74) is 1.26. The molecule has 12 heavy (non-hydrogen) atoms. The normalized spacial score (nSPS) is 11.8. The Morgan fingerprint density at radius 3 is 2.67 bits per heavy atom. The molecule has 0 saturated carbocycles. The SMILES string of the molecule is C/N=C(/C)c1ccc(F)cc1O. The summed E-state index contributed by atoms with van der Waals surface area (Å²) in [6.45, 7) is 1.76. The molecule has 0 aliphatic carbocycles. The van der Waals surface area contributed by atoms with Crippen molar-refractivity contribution < 1.29 is 9.50 Å². The number of hydrogen-bond acceptors (Lipinski definition) is 2. The highest BCUT2D eigenvalue weighted by molar-refractivity contribution is 6.00. The second-order valence-corrected chi connectivity index (χ2v) is 2.47. The molecule has 1 aromatic carbocycles. The van der Waals surface area contributed by atoms with Crippen LogP contribution < -0.4 is 0 Å². The van der Waals surface area contributed by atoms with Gasteiger partial charge in [0.25, 0.3) is 0 Å². The highest BCUT2D eigenvalue weighted by Gasteiger charge is 2.03. The maximum atomic E-state index is 12.5. The highest BCUT2D eigenvalue weighted by Crippen LogP contribution is 2.18. The van der Waals surface area contributed by atoms with Gasteiger partial charge in [0.05, 0.1) is 0 Å². The number of hydrogen-bond donors (Lipinski definition) is 1. The Labute approximate surface area is 70.4 Å². The van der Waals surface area contributed by atoms with Crippen molar-refractivity contribution in [2.45, 2.75) is 6.92 Å². The van der Waals surface area contributed by atoms with Gasteiger partial charge in [0.15, 0.2) is 0 Å². The smallest absolute Gasteiger partial charge is 0.127 e. The van der Waals surface area contributed by atoms with Gasteiger partial charge < -0.3 is 5.11 Å². The number of aromatic hydroxyl groups is 1. The number of nitrogens with zero attached hydrogens (tertiary/aromatic N) is 1. The van der Waals surface area contributed by atoms with Crippen LogP contribution in [0.2, 0.25) is 0 Å². The van der Waals surface area contributed by atoms with Gasteiger partial charge in [-0.1, -0.05) is 0 Å². The summed E-state index contributed by atoms with van der Waals surface area (Å²) in [5.74, 6) is -0.516. The van der Waals surface area contributed by atoms with E-state index in [1.807, 2.05) is 0 Å². The summed E-state index contributed by atoms with van der Waals surface area (Å²) < 4.78 is 12.5. The van der Waals surface area contributed by atoms with E-state index >= 15 is 0 Å². The molecule has 1 rings (SSSR count). The maximum absolute atomic E-state index is 12.5. The molecule has 1 aromatic rings. The Hall–Kier alpha value is -1.38. The molecule has 0 amide bonds. The maximum Gasteiger partial charge on any atom is 0.127 e. The molecule has 64 valence electrons. The van der Waals surface area contributed by atoms with Gasteiger partial charge in [0.1, 0.15) is 11.6 Å². The van der Waals surface area contributed by atoms with Gasteiger partial charge in [-0.3, -0.25) is 4.99 Å². The molecule has 0 unspecified atom stereocenters. The van der Waals surface area contributed by atoms with Crippen molar-refractivity contribution in [1.29, 1.82) is 0 Å². The first-order valence-electron chi connectivity index (χ1n) is 3.57. The molecular weight excluding hydrogens is 157 g/mol. The molecule has 0 saturated heterocycles. The number of phenols is 1. The van der Waals surface area contributed by atoms with E-state index in [4.69, 9.17) is 0 Å². The number of benzene rings is 1. The largest absolute Gasteiger partial charge is 0.507 e. The quantitative estimate of drug-likeness (QED) is 0.637. The van der Waals surface area contributed by atoms with Crippen molar-refractivity contribution in [2.75, 3.05) is 7.05 Å². The summed E-state index contributed by atoms with van der Waals surface area (Å²) in [6.07, 6.45) is 0.